The lowest BCUT2D eigenvalue weighted by molar-refractivity contribution is 1.14. The van der Waals surface area contributed by atoms with Crippen LogP contribution in [0.25, 0.3) is 0 Å². The highest BCUT2D eigenvalue weighted by molar-refractivity contribution is 7.98. The Morgan fingerprint density at radius 1 is 1.27 bits per heavy atom. The first-order chi connectivity index (χ1) is 7.25. The molecule has 78 valence electrons. The summed E-state index contributed by atoms with van der Waals surface area (Å²) in [6, 6.07) is 7.70. The topological polar surface area (TPSA) is 25.8 Å². The molecular formula is C9H6Cl2N2S2. The van der Waals surface area contributed by atoms with Gasteiger partial charge in [-0.05, 0) is 35.3 Å². The van der Waals surface area contributed by atoms with Crippen LogP contribution in [0.4, 0.5) is 0 Å². The molecule has 2 rings (SSSR count). The van der Waals surface area contributed by atoms with Gasteiger partial charge >= 0.3 is 0 Å². The second-order valence-electron chi connectivity index (χ2n) is 2.68. The van der Waals surface area contributed by atoms with E-state index in [0.29, 0.717) is 10.2 Å². The SMILES string of the molecule is Clc1nc(CSc2ccccc2Cl)ns1. The third-order valence-corrected chi connectivity index (χ3v) is 3.98. The fraction of sp³-hybridized carbons (Fsp3) is 0.111. The van der Waals surface area contributed by atoms with Crippen molar-refractivity contribution >= 4 is 46.5 Å². The van der Waals surface area contributed by atoms with Crippen molar-refractivity contribution in [2.24, 2.45) is 0 Å². The van der Waals surface area contributed by atoms with Crippen molar-refractivity contribution in [2.75, 3.05) is 0 Å². The molecule has 0 bridgehead atoms. The minimum Gasteiger partial charge on any atom is -0.207 e. The Bertz CT molecular complexity index is 459. The molecule has 0 amide bonds. The van der Waals surface area contributed by atoms with Crippen molar-refractivity contribution in [2.45, 2.75) is 10.6 Å². The monoisotopic (exact) mass is 276 g/mol. The second-order valence-corrected chi connectivity index (χ2v) is 5.44. The average molecular weight is 277 g/mol. The van der Waals surface area contributed by atoms with Gasteiger partial charge < -0.3 is 0 Å². The zero-order valence-electron chi connectivity index (χ0n) is 7.48. The molecule has 15 heavy (non-hydrogen) atoms. The maximum atomic E-state index is 6.01. The average Bonchev–Trinajstić information content (AvgIpc) is 2.63. The summed E-state index contributed by atoms with van der Waals surface area (Å²) < 4.78 is 4.57. The molecule has 0 saturated carbocycles. The Labute approximate surface area is 106 Å². The summed E-state index contributed by atoms with van der Waals surface area (Å²) in [4.78, 5) is 5.10. The van der Waals surface area contributed by atoms with E-state index in [2.05, 4.69) is 9.36 Å². The van der Waals surface area contributed by atoms with E-state index in [0.717, 1.165) is 15.7 Å². The third-order valence-electron chi connectivity index (χ3n) is 1.64. The molecule has 1 aromatic carbocycles. The summed E-state index contributed by atoms with van der Waals surface area (Å²) in [7, 11) is 0. The van der Waals surface area contributed by atoms with E-state index in [9.17, 15) is 0 Å². The van der Waals surface area contributed by atoms with Gasteiger partial charge in [0.15, 0.2) is 5.82 Å². The lowest BCUT2D eigenvalue weighted by Gasteiger charge is -2.00. The summed E-state index contributed by atoms with van der Waals surface area (Å²) in [6.45, 7) is 0. The van der Waals surface area contributed by atoms with Gasteiger partial charge in [0.1, 0.15) is 0 Å². The first kappa shape index (κ1) is 11.2. The maximum absolute atomic E-state index is 6.01. The standard InChI is InChI=1S/C9H6Cl2N2S2/c10-6-3-1-2-4-7(6)14-5-8-12-9(11)15-13-8/h1-4H,5H2. The van der Waals surface area contributed by atoms with E-state index in [1.807, 2.05) is 24.3 Å². The molecule has 0 unspecified atom stereocenters. The van der Waals surface area contributed by atoms with Crippen molar-refractivity contribution in [3.63, 3.8) is 0 Å². The van der Waals surface area contributed by atoms with E-state index >= 15 is 0 Å². The molecule has 6 heteroatoms. The predicted molar refractivity (Wildman–Crippen MR) is 65.9 cm³/mol. The number of hydrogen-bond donors (Lipinski definition) is 0. The van der Waals surface area contributed by atoms with Crippen LogP contribution in [0.2, 0.25) is 9.49 Å². The van der Waals surface area contributed by atoms with E-state index in [1.54, 1.807) is 11.8 Å². The largest absolute Gasteiger partial charge is 0.207 e. The highest BCUT2D eigenvalue weighted by Gasteiger charge is 2.04. The minimum absolute atomic E-state index is 0.477. The molecule has 1 heterocycles. The number of hydrogen-bond acceptors (Lipinski definition) is 4. The smallest absolute Gasteiger partial charge is 0.203 e. The first-order valence-electron chi connectivity index (χ1n) is 4.11. The van der Waals surface area contributed by atoms with Crippen LogP contribution in [0.5, 0.6) is 0 Å². The normalized spacial score (nSPS) is 10.5. The van der Waals surface area contributed by atoms with Gasteiger partial charge in [0.05, 0.1) is 10.8 Å². The molecule has 0 aliphatic rings. The van der Waals surface area contributed by atoms with Crippen molar-refractivity contribution in [3.8, 4) is 0 Å². The van der Waals surface area contributed by atoms with Gasteiger partial charge in [-0.3, -0.25) is 0 Å². The van der Waals surface area contributed by atoms with E-state index in [1.165, 1.54) is 11.5 Å². The molecule has 1 aromatic heterocycles. The molecule has 0 aliphatic heterocycles. The van der Waals surface area contributed by atoms with E-state index < -0.39 is 0 Å². The van der Waals surface area contributed by atoms with Crippen LogP contribution in [0.3, 0.4) is 0 Å². The zero-order chi connectivity index (χ0) is 10.7. The van der Waals surface area contributed by atoms with Crippen molar-refractivity contribution < 1.29 is 0 Å². The summed E-state index contributed by atoms with van der Waals surface area (Å²) in [6.07, 6.45) is 0. The lowest BCUT2D eigenvalue weighted by Crippen LogP contribution is -1.83. The van der Waals surface area contributed by atoms with Gasteiger partial charge in [-0.2, -0.15) is 4.37 Å². The van der Waals surface area contributed by atoms with Crippen LogP contribution in [0, 0.1) is 0 Å². The molecule has 0 spiro atoms. The molecule has 0 fully saturated rings. The Morgan fingerprint density at radius 2 is 2.07 bits per heavy atom. The number of rotatable bonds is 3. The minimum atomic E-state index is 0.477. The summed E-state index contributed by atoms with van der Waals surface area (Å²) >= 11 is 14.5. The van der Waals surface area contributed by atoms with Gasteiger partial charge in [0.2, 0.25) is 4.47 Å². The van der Waals surface area contributed by atoms with E-state index in [-0.39, 0.29) is 0 Å². The van der Waals surface area contributed by atoms with Crippen molar-refractivity contribution in [1.82, 2.24) is 9.36 Å². The maximum Gasteiger partial charge on any atom is 0.203 e. The number of aromatic nitrogens is 2. The third kappa shape index (κ3) is 3.08. The molecule has 2 aromatic rings. The Hall–Kier alpha value is -0.290. The Kier molecular flexibility index (Phi) is 3.86. The predicted octanol–water partition coefficient (Wildman–Crippen LogP) is 4.14. The fourth-order valence-electron chi connectivity index (χ4n) is 0.995. The van der Waals surface area contributed by atoms with Crippen LogP contribution in [-0.4, -0.2) is 9.36 Å². The van der Waals surface area contributed by atoms with Crippen molar-refractivity contribution in [3.05, 3.63) is 39.6 Å². The molecule has 0 atom stereocenters. The summed E-state index contributed by atoms with van der Waals surface area (Å²) in [5.74, 6) is 1.43. The van der Waals surface area contributed by atoms with Gasteiger partial charge in [-0.25, -0.2) is 4.98 Å². The van der Waals surface area contributed by atoms with Gasteiger partial charge in [0.25, 0.3) is 0 Å². The number of benzene rings is 1. The molecule has 0 aliphatic carbocycles. The fourth-order valence-corrected chi connectivity index (χ4v) is 2.80. The second kappa shape index (κ2) is 5.16. The first-order valence-corrected chi connectivity index (χ1v) is 6.62. The van der Waals surface area contributed by atoms with Gasteiger partial charge in [0, 0.05) is 4.90 Å². The molecule has 0 N–H and O–H groups in total. The number of nitrogens with zero attached hydrogens (tertiary/aromatic N) is 2. The molecule has 0 saturated heterocycles. The molecule has 2 nitrogen and oxygen atoms in total. The van der Waals surface area contributed by atoms with Crippen LogP contribution in [-0.2, 0) is 5.75 Å². The Balaban J connectivity index is 2.02. The number of halogens is 2. The van der Waals surface area contributed by atoms with Gasteiger partial charge in [-0.15, -0.1) is 11.8 Å². The van der Waals surface area contributed by atoms with Crippen LogP contribution in [0.15, 0.2) is 29.2 Å². The van der Waals surface area contributed by atoms with Gasteiger partial charge in [-0.1, -0.05) is 23.7 Å². The highest BCUT2D eigenvalue weighted by atomic mass is 35.5. The van der Waals surface area contributed by atoms with E-state index in [4.69, 9.17) is 23.2 Å². The molecular weight excluding hydrogens is 271 g/mol. The zero-order valence-corrected chi connectivity index (χ0v) is 10.6. The van der Waals surface area contributed by atoms with Crippen LogP contribution < -0.4 is 0 Å². The van der Waals surface area contributed by atoms with Crippen LogP contribution >= 0.6 is 46.5 Å². The quantitative estimate of drug-likeness (QED) is 0.789. The lowest BCUT2D eigenvalue weighted by atomic mass is 10.4. The Morgan fingerprint density at radius 3 is 2.73 bits per heavy atom. The summed E-state index contributed by atoms with van der Waals surface area (Å²) in [5.41, 5.74) is 0. The molecule has 0 radical (unpaired) electrons. The van der Waals surface area contributed by atoms with Crippen LogP contribution in [0.1, 0.15) is 5.82 Å². The number of thioether (sulfide) groups is 1. The summed E-state index contributed by atoms with van der Waals surface area (Å²) in [5, 5.41) is 0.754. The van der Waals surface area contributed by atoms with Crippen molar-refractivity contribution in [1.29, 1.82) is 0 Å². The highest BCUT2D eigenvalue weighted by Crippen LogP contribution is 2.29.